The molecular weight excluding hydrogens is 262 g/mol. The maximum absolute atomic E-state index is 11.3. The molecule has 0 aromatic carbocycles. The largest absolute Gasteiger partial charge is 0.396 e. The number of aliphatic hydroxyl groups excluding tert-OH is 1. The van der Waals surface area contributed by atoms with Crippen molar-refractivity contribution in [2.45, 2.75) is 78.1 Å². The van der Waals surface area contributed by atoms with Crippen LogP contribution >= 0.6 is 0 Å². The Labute approximate surface area is 131 Å². The van der Waals surface area contributed by atoms with E-state index in [-0.39, 0.29) is 24.3 Å². The van der Waals surface area contributed by atoms with E-state index >= 15 is 0 Å². The van der Waals surface area contributed by atoms with Crippen LogP contribution in [0.15, 0.2) is 12.2 Å². The normalized spacial score (nSPS) is 14.4. The smallest absolute Gasteiger partial charge is 0.220 e. The Morgan fingerprint density at radius 3 is 2.19 bits per heavy atom. The van der Waals surface area contributed by atoms with Crippen LogP contribution in [0.25, 0.3) is 0 Å². The molecule has 0 bridgehead atoms. The molecule has 3 heteroatoms. The summed E-state index contributed by atoms with van der Waals surface area (Å²) >= 11 is 0. The summed E-state index contributed by atoms with van der Waals surface area (Å²) in [5.41, 5.74) is 5.39. The number of unbranched alkanes of at least 4 members (excludes halogenated alkanes) is 7. The molecule has 0 aromatic rings. The number of primary amides is 1. The molecule has 0 aliphatic heterocycles. The highest BCUT2D eigenvalue weighted by Crippen LogP contribution is 2.19. The van der Waals surface area contributed by atoms with Gasteiger partial charge in [-0.2, -0.15) is 0 Å². The first-order valence-electron chi connectivity index (χ1n) is 8.68. The molecule has 0 heterocycles. The second-order valence-corrected chi connectivity index (χ2v) is 6.13. The molecule has 0 rings (SSSR count). The second kappa shape index (κ2) is 14.1. The third kappa shape index (κ3) is 11.5. The highest BCUT2D eigenvalue weighted by molar-refractivity contribution is 5.76. The summed E-state index contributed by atoms with van der Waals surface area (Å²) in [6.07, 6.45) is 16.3. The maximum atomic E-state index is 11.3. The van der Waals surface area contributed by atoms with Gasteiger partial charge < -0.3 is 10.8 Å². The molecule has 0 fully saturated rings. The first-order valence-corrected chi connectivity index (χ1v) is 8.68. The molecule has 0 aromatic heterocycles. The number of hydrogen-bond donors (Lipinski definition) is 2. The summed E-state index contributed by atoms with van der Waals surface area (Å²) in [6.45, 7) is 4.15. The molecule has 0 aliphatic carbocycles. The van der Waals surface area contributed by atoms with Gasteiger partial charge in [-0.1, -0.05) is 64.5 Å². The lowest BCUT2D eigenvalue weighted by molar-refractivity contribution is -0.124. The van der Waals surface area contributed by atoms with E-state index in [0.29, 0.717) is 0 Å². The minimum absolute atomic E-state index is 0.0178. The fourth-order valence-electron chi connectivity index (χ4n) is 2.55. The topological polar surface area (TPSA) is 63.3 Å². The standard InChI is InChI=1S/C18H35NO2/c1-3-4-5-6-7-8-9-10-11-12-13-14-17(18(19)21)16(2)15-20/h6-7,16-17,20H,3-5,8-15H2,1-2H3,(H2,19,21). The van der Waals surface area contributed by atoms with Gasteiger partial charge in [-0.3, -0.25) is 4.79 Å². The Bertz CT molecular complexity index is 276. The summed E-state index contributed by atoms with van der Waals surface area (Å²) in [6, 6.07) is 0. The van der Waals surface area contributed by atoms with E-state index in [4.69, 9.17) is 10.8 Å². The number of allylic oxidation sites excluding steroid dienone is 2. The Balaban J connectivity index is 3.50. The summed E-state index contributed by atoms with van der Waals surface area (Å²) < 4.78 is 0. The van der Waals surface area contributed by atoms with Gasteiger partial charge in [-0.15, -0.1) is 0 Å². The molecule has 0 saturated heterocycles. The minimum atomic E-state index is -0.270. The lowest BCUT2D eigenvalue weighted by atomic mass is 9.89. The fourth-order valence-corrected chi connectivity index (χ4v) is 2.55. The highest BCUT2D eigenvalue weighted by atomic mass is 16.3. The molecule has 124 valence electrons. The highest BCUT2D eigenvalue weighted by Gasteiger charge is 2.21. The van der Waals surface area contributed by atoms with Gasteiger partial charge in [0.05, 0.1) is 0 Å². The van der Waals surface area contributed by atoms with Gasteiger partial charge in [0.1, 0.15) is 0 Å². The molecule has 3 N–H and O–H groups in total. The molecule has 2 atom stereocenters. The zero-order valence-electron chi connectivity index (χ0n) is 14.0. The number of carbonyl (C=O) groups is 1. The van der Waals surface area contributed by atoms with Crippen LogP contribution in [0, 0.1) is 11.8 Å². The summed E-state index contributed by atoms with van der Waals surface area (Å²) in [5.74, 6) is -0.457. The van der Waals surface area contributed by atoms with Crippen LogP contribution in [0.4, 0.5) is 0 Å². The molecule has 1 amide bonds. The molecule has 0 saturated carbocycles. The zero-order valence-corrected chi connectivity index (χ0v) is 14.0. The van der Waals surface area contributed by atoms with Crippen molar-refractivity contribution >= 4 is 5.91 Å². The number of hydrogen-bond acceptors (Lipinski definition) is 2. The van der Waals surface area contributed by atoms with Crippen LogP contribution in [0.1, 0.15) is 78.1 Å². The van der Waals surface area contributed by atoms with Gasteiger partial charge in [-0.05, 0) is 31.6 Å². The SMILES string of the molecule is CCCCC=CCCCCCCCC(C(N)=O)C(C)CO. The van der Waals surface area contributed by atoms with Crippen LogP contribution in [0.5, 0.6) is 0 Å². The molecule has 0 spiro atoms. The zero-order chi connectivity index (χ0) is 15.9. The number of aliphatic hydroxyl groups is 1. The molecule has 0 radical (unpaired) electrons. The van der Waals surface area contributed by atoms with Crippen LogP contribution < -0.4 is 5.73 Å². The first kappa shape index (κ1) is 20.2. The van der Waals surface area contributed by atoms with Crippen LogP contribution in [0.2, 0.25) is 0 Å². The summed E-state index contributed by atoms with van der Waals surface area (Å²) in [7, 11) is 0. The lowest BCUT2D eigenvalue weighted by Crippen LogP contribution is -2.30. The van der Waals surface area contributed by atoms with Crippen molar-refractivity contribution < 1.29 is 9.90 Å². The van der Waals surface area contributed by atoms with E-state index in [1.165, 1.54) is 44.9 Å². The summed E-state index contributed by atoms with van der Waals surface area (Å²) in [4.78, 5) is 11.3. The molecule has 3 nitrogen and oxygen atoms in total. The molecular formula is C18H35NO2. The van der Waals surface area contributed by atoms with Gasteiger partial charge in [-0.25, -0.2) is 0 Å². The van der Waals surface area contributed by atoms with Gasteiger partial charge in [0.2, 0.25) is 5.91 Å². The predicted molar refractivity (Wildman–Crippen MR) is 89.9 cm³/mol. The van der Waals surface area contributed by atoms with Gasteiger partial charge in [0.15, 0.2) is 0 Å². The van der Waals surface area contributed by atoms with Crippen molar-refractivity contribution in [3.8, 4) is 0 Å². The average Bonchev–Trinajstić information content (AvgIpc) is 2.47. The second-order valence-electron chi connectivity index (χ2n) is 6.13. The van der Waals surface area contributed by atoms with E-state index in [0.717, 1.165) is 19.3 Å². The number of amides is 1. The lowest BCUT2D eigenvalue weighted by Gasteiger charge is -2.18. The third-order valence-electron chi connectivity index (χ3n) is 4.12. The number of carbonyl (C=O) groups excluding carboxylic acids is 1. The quantitative estimate of drug-likeness (QED) is 0.373. The molecule has 0 aliphatic rings. The Kier molecular flexibility index (Phi) is 13.6. The number of rotatable bonds is 14. The van der Waals surface area contributed by atoms with Crippen molar-refractivity contribution in [1.29, 1.82) is 0 Å². The van der Waals surface area contributed by atoms with Gasteiger partial charge in [0.25, 0.3) is 0 Å². The monoisotopic (exact) mass is 297 g/mol. The number of nitrogens with two attached hydrogens (primary N) is 1. The maximum Gasteiger partial charge on any atom is 0.220 e. The van der Waals surface area contributed by atoms with Crippen molar-refractivity contribution in [2.75, 3.05) is 6.61 Å². The van der Waals surface area contributed by atoms with Crippen molar-refractivity contribution in [3.63, 3.8) is 0 Å². The van der Waals surface area contributed by atoms with Crippen LogP contribution in [-0.2, 0) is 4.79 Å². The van der Waals surface area contributed by atoms with E-state index < -0.39 is 0 Å². The van der Waals surface area contributed by atoms with Crippen molar-refractivity contribution in [2.24, 2.45) is 17.6 Å². The molecule has 2 unspecified atom stereocenters. The first-order chi connectivity index (χ1) is 10.1. The average molecular weight is 297 g/mol. The van der Waals surface area contributed by atoms with E-state index in [1.807, 2.05) is 6.92 Å². The fraction of sp³-hybridized carbons (Fsp3) is 0.833. The Morgan fingerprint density at radius 2 is 1.62 bits per heavy atom. The van der Waals surface area contributed by atoms with E-state index in [1.54, 1.807) is 0 Å². The van der Waals surface area contributed by atoms with Gasteiger partial charge >= 0.3 is 0 Å². The minimum Gasteiger partial charge on any atom is -0.396 e. The third-order valence-corrected chi connectivity index (χ3v) is 4.12. The predicted octanol–water partition coefficient (Wildman–Crippen LogP) is 4.19. The molecule has 21 heavy (non-hydrogen) atoms. The van der Waals surface area contributed by atoms with Crippen molar-refractivity contribution in [1.82, 2.24) is 0 Å². The van der Waals surface area contributed by atoms with E-state index in [9.17, 15) is 4.79 Å². The Morgan fingerprint density at radius 1 is 1.05 bits per heavy atom. The van der Waals surface area contributed by atoms with Crippen LogP contribution in [-0.4, -0.2) is 17.6 Å². The van der Waals surface area contributed by atoms with Gasteiger partial charge in [0, 0.05) is 12.5 Å². The Hall–Kier alpha value is -0.830. The van der Waals surface area contributed by atoms with E-state index in [2.05, 4.69) is 19.1 Å². The van der Waals surface area contributed by atoms with Crippen LogP contribution in [0.3, 0.4) is 0 Å². The summed E-state index contributed by atoms with van der Waals surface area (Å²) in [5, 5.41) is 9.12. The van der Waals surface area contributed by atoms with Crippen molar-refractivity contribution in [3.05, 3.63) is 12.2 Å².